The van der Waals surface area contributed by atoms with Crippen LogP contribution in [-0.4, -0.2) is 34.2 Å². The minimum absolute atomic E-state index is 0.711. The lowest BCUT2D eigenvalue weighted by Gasteiger charge is -2.12. The van der Waals surface area contributed by atoms with E-state index >= 15 is 0 Å². The Kier molecular flexibility index (Phi) is 5.66. The number of hydrogen-bond acceptors (Lipinski definition) is 5. The molecule has 134 valence electrons. The van der Waals surface area contributed by atoms with Crippen molar-refractivity contribution in [3.05, 3.63) is 78.4 Å². The van der Waals surface area contributed by atoms with E-state index in [0.29, 0.717) is 12.2 Å². The van der Waals surface area contributed by atoms with Gasteiger partial charge in [0.25, 0.3) is 0 Å². The number of nitrogens with zero attached hydrogens (tertiary/aromatic N) is 3. The molecule has 26 heavy (non-hydrogen) atoms. The molecule has 3 rings (SSSR count). The fourth-order valence-electron chi connectivity index (χ4n) is 2.73. The minimum Gasteiger partial charge on any atom is -0.378 e. The number of hydrogen-bond donors (Lipinski definition) is 3. The number of anilines is 2. The summed E-state index contributed by atoms with van der Waals surface area (Å²) in [6, 6.07) is 12.4. The summed E-state index contributed by atoms with van der Waals surface area (Å²) in [5, 5.41) is 13.9. The molecular weight excluding hydrogens is 324 g/mol. The maximum Gasteiger partial charge on any atom is 0.131 e. The summed E-state index contributed by atoms with van der Waals surface area (Å²) in [6.07, 6.45) is 5.33. The second-order valence-corrected chi connectivity index (χ2v) is 6.40. The monoisotopic (exact) mass is 348 g/mol. The van der Waals surface area contributed by atoms with Gasteiger partial charge in [0.2, 0.25) is 0 Å². The quantitative estimate of drug-likeness (QED) is 0.581. The summed E-state index contributed by atoms with van der Waals surface area (Å²) in [4.78, 5) is 6.26. The van der Waals surface area contributed by atoms with E-state index < -0.39 is 0 Å². The van der Waals surface area contributed by atoms with E-state index in [-0.39, 0.29) is 0 Å². The fraction of sp³-hybridized carbons (Fsp3) is 0.200. The van der Waals surface area contributed by atoms with Crippen LogP contribution in [0.25, 0.3) is 5.70 Å². The molecule has 0 saturated heterocycles. The number of pyridine rings is 1. The van der Waals surface area contributed by atoms with Gasteiger partial charge in [-0.05, 0) is 37.4 Å². The van der Waals surface area contributed by atoms with Gasteiger partial charge in [0.1, 0.15) is 5.69 Å². The molecule has 0 aliphatic heterocycles. The molecule has 0 spiro atoms. The molecule has 0 aliphatic carbocycles. The lowest BCUT2D eigenvalue weighted by Crippen LogP contribution is -2.11. The number of rotatable bonds is 8. The van der Waals surface area contributed by atoms with Crippen LogP contribution in [0.4, 0.5) is 11.4 Å². The van der Waals surface area contributed by atoms with Gasteiger partial charge in [-0.25, -0.2) is 0 Å². The van der Waals surface area contributed by atoms with Gasteiger partial charge in [0.15, 0.2) is 0 Å². The Balaban J connectivity index is 1.65. The summed E-state index contributed by atoms with van der Waals surface area (Å²) >= 11 is 0. The average Bonchev–Trinajstić information content (AvgIpc) is 3.09. The molecule has 0 bridgehead atoms. The number of nitrogens with one attached hydrogen (secondary N) is 3. The zero-order chi connectivity index (χ0) is 18.4. The van der Waals surface area contributed by atoms with Crippen molar-refractivity contribution in [1.82, 2.24) is 20.1 Å². The van der Waals surface area contributed by atoms with Gasteiger partial charge in [-0.2, -0.15) is 5.10 Å². The molecule has 2 heterocycles. The van der Waals surface area contributed by atoms with Crippen LogP contribution in [-0.2, 0) is 13.1 Å². The first-order valence-electron chi connectivity index (χ1n) is 8.48. The van der Waals surface area contributed by atoms with Crippen molar-refractivity contribution in [2.45, 2.75) is 13.1 Å². The van der Waals surface area contributed by atoms with Crippen LogP contribution in [0.1, 0.15) is 16.8 Å². The molecule has 0 amide bonds. The Morgan fingerprint density at radius 1 is 1.19 bits per heavy atom. The van der Waals surface area contributed by atoms with Crippen molar-refractivity contribution in [1.29, 1.82) is 0 Å². The highest BCUT2D eigenvalue weighted by Gasteiger charge is 2.10. The highest BCUT2D eigenvalue weighted by molar-refractivity contribution is 5.79. The Morgan fingerprint density at radius 3 is 2.81 bits per heavy atom. The molecule has 6 nitrogen and oxygen atoms in total. The summed E-state index contributed by atoms with van der Waals surface area (Å²) in [5.74, 6) is 0. The van der Waals surface area contributed by atoms with Gasteiger partial charge < -0.3 is 15.5 Å². The summed E-state index contributed by atoms with van der Waals surface area (Å²) in [5.41, 5.74) is 5.78. The van der Waals surface area contributed by atoms with Crippen molar-refractivity contribution in [3.63, 3.8) is 0 Å². The van der Waals surface area contributed by atoms with E-state index in [1.54, 1.807) is 12.4 Å². The normalized spacial score (nSPS) is 10.7. The zero-order valence-corrected chi connectivity index (χ0v) is 15.2. The molecule has 0 saturated carbocycles. The van der Waals surface area contributed by atoms with Crippen molar-refractivity contribution >= 4 is 17.1 Å². The van der Waals surface area contributed by atoms with Crippen molar-refractivity contribution in [2.75, 3.05) is 24.7 Å². The van der Waals surface area contributed by atoms with Gasteiger partial charge >= 0.3 is 0 Å². The molecule has 0 unspecified atom stereocenters. The molecule has 6 heteroatoms. The highest BCUT2D eigenvalue weighted by Crippen LogP contribution is 2.22. The van der Waals surface area contributed by atoms with Crippen LogP contribution in [0.3, 0.4) is 0 Å². The van der Waals surface area contributed by atoms with Crippen molar-refractivity contribution in [2.24, 2.45) is 0 Å². The van der Waals surface area contributed by atoms with E-state index in [9.17, 15) is 0 Å². The second kappa shape index (κ2) is 8.31. The van der Waals surface area contributed by atoms with Gasteiger partial charge in [-0.1, -0.05) is 30.8 Å². The molecule has 0 fully saturated rings. The third-order valence-electron chi connectivity index (χ3n) is 3.86. The third kappa shape index (κ3) is 4.70. The van der Waals surface area contributed by atoms with Crippen molar-refractivity contribution in [3.8, 4) is 0 Å². The molecule has 0 atom stereocenters. The first-order valence-corrected chi connectivity index (χ1v) is 8.48. The molecule has 2 aromatic heterocycles. The standard InChI is InChI=1S/C20H24N6/c1-15(24-18-8-5-9-21-12-18)20-19(13-23-25-20)22-11-16-6-4-7-17(10-16)14-26(2)3/h4-10,12-13,22,24H,1,11,14H2,2-3H3,(H,23,25). The zero-order valence-electron chi connectivity index (χ0n) is 15.2. The van der Waals surface area contributed by atoms with Crippen molar-refractivity contribution < 1.29 is 0 Å². The van der Waals surface area contributed by atoms with Gasteiger partial charge in [0, 0.05) is 25.5 Å². The topological polar surface area (TPSA) is 68.9 Å². The second-order valence-electron chi connectivity index (χ2n) is 6.40. The number of aromatic nitrogens is 3. The number of aromatic amines is 1. The predicted octanol–water partition coefficient (Wildman–Crippen LogP) is 3.56. The lowest BCUT2D eigenvalue weighted by molar-refractivity contribution is 0.402. The van der Waals surface area contributed by atoms with E-state index in [4.69, 9.17) is 0 Å². The lowest BCUT2D eigenvalue weighted by atomic mass is 10.1. The highest BCUT2D eigenvalue weighted by atomic mass is 15.2. The molecule has 1 aromatic carbocycles. The number of H-pyrrole nitrogens is 1. The fourth-order valence-corrected chi connectivity index (χ4v) is 2.73. The summed E-state index contributed by atoms with van der Waals surface area (Å²) in [6.45, 7) is 5.73. The smallest absolute Gasteiger partial charge is 0.131 e. The molecule has 3 N–H and O–H groups in total. The largest absolute Gasteiger partial charge is 0.378 e. The molecular formula is C20H24N6. The summed E-state index contributed by atoms with van der Waals surface area (Å²) < 4.78 is 0. The minimum atomic E-state index is 0.711. The molecule has 0 radical (unpaired) electrons. The molecule has 0 aliphatic rings. The SMILES string of the molecule is C=C(Nc1cccnc1)c1n[nH]cc1NCc1cccc(CN(C)C)c1. The van der Waals surface area contributed by atoms with E-state index in [1.165, 1.54) is 11.1 Å². The maximum absolute atomic E-state index is 4.30. The van der Waals surface area contributed by atoms with Crippen LogP contribution in [0.2, 0.25) is 0 Å². The molecule has 3 aromatic rings. The number of benzene rings is 1. The van der Waals surface area contributed by atoms with Gasteiger partial charge in [-0.3, -0.25) is 10.1 Å². The first kappa shape index (κ1) is 17.7. The van der Waals surface area contributed by atoms with Crippen LogP contribution in [0, 0.1) is 0 Å². The Labute approximate surface area is 154 Å². The van der Waals surface area contributed by atoms with E-state index in [2.05, 4.69) is 75.7 Å². The Morgan fingerprint density at radius 2 is 2.04 bits per heavy atom. The maximum atomic E-state index is 4.30. The Hall–Kier alpha value is -3.12. The average molecular weight is 348 g/mol. The van der Waals surface area contributed by atoms with Crippen LogP contribution < -0.4 is 10.6 Å². The third-order valence-corrected chi connectivity index (χ3v) is 3.86. The Bertz CT molecular complexity index is 854. The first-order chi connectivity index (χ1) is 12.6. The van der Waals surface area contributed by atoms with Crippen LogP contribution in [0.5, 0.6) is 0 Å². The van der Waals surface area contributed by atoms with Gasteiger partial charge in [0.05, 0.1) is 23.3 Å². The van der Waals surface area contributed by atoms with Gasteiger partial charge in [-0.15, -0.1) is 0 Å². The summed E-state index contributed by atoms with van der Waals surface area (Å²) in [7, 11) is 4.15. The van der Waals surface area contributed by atoms with Crippen LogP contribution in [0.15, 0.2) is 61.6 Å². The van der Waals surface area contributed by atoms with E-state index in [0.717, 1.165) is 23.6 Å². The van der Waals surface area contributed by atoms with Crippen LogP contribution >= 0.6 is 0 Å². The predicted molar refractivity (Wildman–Crippen MR) is 107 cm³/mol. The van der Waals surface area contributed by atoms with E-state index in [1.807, 2.05) is 18.3 Å².